The Labute approximate surface area is 141 Å². The molecule has 2 saturated heterocycles. The molecule has 134 valence electrons. The van der Waals surface area contributed by atoms with Gasteiger partial charge in [-0.15, -0.1) is 0 Å². The third-order valence-electron chi connectivity index (χ3n) is 5.97. The second-order valence-corrected chi connectivity index (χ2v) is 9.06. The molecule has 24 heavy (non-hydrogen) atoms. The third kappa shape index (κ3) is 2.19. The fraction of sp³-hybridized carbons (Fsp3) is 0.882. The summed E-state index contributed by atoms with van der Waals surface area (Å²) in [7, 11) is 0. The Morgan fingerprint density at radius 1 is 1.25 bits per heavy atom. The lowest BCUT2D eigenvalue weighted by Crippen LogP contribution is -2.75. The number of rotatable bonds is 2. The lowest BCUT2D eigenvalue weighted by atomic mass is 9.39. The van der Waals surface area contributed by atoms with Gasteiger partial charge < -0.3 is 19.4 Å². The number of amides is 3. The predicted molar refractivity (Wildman–Crippen MR) is 85.4 cm³/mol. The van der Waals surface area contributed by atoms with E-state index >= 15 is 0 Å². The molecule has 2 bridgehead atoms. The standard InChI is InChI=1S/C17H26FN3O3/c1-15(2,3)24-14(23)19-4-5-20-12(6-19)7-21(13(20)22)17-8-16(9-17,10-17)11-18/h12H,4-11H2,1-3H3/t12-,16?,17?/m0/s1. The van der Waals surface area contributed by atoms with Gasteiger partial charge in [0.2, 0.25) is 0 Å². The van der Waals surface area contributed by atoms with Gasteiger partial charge in [0.1, 0.15) is 5.60 Å². The largest absolute Gasteiger partial charge is 0.444 e. The van der Waals surface area contributed by atoms with Crippen LogP contribution in [0.5, 0.6) is 0 Å². The van der Waals surface area contributed by atoms with Crippen molar-refractivity contribution in [2.24, 2.45) is 5.41 Å². The second-order valence-electron chi connectivity index (χ2n) is 9.06. The van der Waals surface area contributed by atoms with Gasteiger partial charge in [0.05, 0.1) is 12.7 Å². The first-order valence-electron chi connectivity index (χ1n) is 8.79. The number of ether oxygens (including phenoxy) is 1. The number of hydrogen-bond acceptors (Lipinski definition) is 3. The molecule has 0 N–H and O–H groups in total. The molecule has 2 aliphatic heterocycles. The van der Waals surface area contributed by atoms with Crippen molar-refractivity contribution in [2.45, 2.75) is 57.2 Å². The van der Waals surface area contributed by atoms with Crippen LogP contribution in [0.25, 0.3) is 0 Å². The van der Waals surface area contributed by atoms with Crippen molar-refractivity contribution in [2.75, 3.05) is 32.9 Å². The van der Waals surface area contributed by atoms with Crippen molar-refractivity contribution < 1.29 is 18.7 Å². The van der Waals surface area contributed by atoms with Crippen molar-refractivity contribution in [3.05, 3.63) is 0 Å². The molecule has 0 spiro atoms. The average Bonchev–Trinajstić information content (AvgIpc) is 2.72. The third-order valence-corrected chi connectivity index (χ3v) is 5.97. The van der Waals surface area contributed by atoms with Crippen molar-refractivity contribution in [3.63, 3.8) is 0 Å². The van der Waals surface area contributed by atoms with Gasteiger partial charge in [-0.25, -0.2) is 9.59 Å². The monoisotopic (exact) mass is 339 g/mol. The first-order chi connectivity index (χ1) is 11.2. The number of halogens is 1. The van der Waals surface area contributed by atoms with E-state index in [9.17, 15) is 14.0 Å². The molecule has 0 unspecified atom stereocenters. The Morgan fingerprint density at radius 3 is 2.50 bits per heavy atom. The first-order valence-corrected chi connectivity index (χ1v) is 8.79. The van der Waals surface area contributed by atoms with Gasteiger partial charge in [0.15, 0.2) is 0 Å². The smallest absolute Gasteiger partial charge is 0.410 e. The molecule has 0 radical (unpaired) electrons. The highest BCUT2D eigenvalue weighted by atomic mass is 19.1. The molecule has 5 rings (SSSR count). The summed E-state index contributed by atoms with van der Waals surface area (Å²) in [5.41, 5.74) is -0.749. The molecule has 3 saturated carbocycles. The number of alkyl halides is 1. The number of hydrogen-bond donors (Lipinski definition) is 0. The SMILES string of the molecule is CC(C)(C)OC(=O)N1CCN2C(=O)N(C34CC(CF)(C3)C4)C[C@@H]2C1. The van der Waals surface area contributed by atoms with E-state index < -0.39 is 5.60 Å². The van der Waals surface area contributed by atoms with Crippen LogP contribution in [-0.4, -0.2) is 76.9 Å². The maximum Gasteiger partial charge on any atom is 0.410 e. The van der Waals surface area contributed by atoms with Gasteiger partial charge in [0.25, 0.3) is 0 Å². The molecule has 6 nitrogen and oxygen atoms in total. The minimum Gasteiger partial charge on any atom is -0.444 e. The number of fused-ring (bicyclic) bond motifs is 1. The number of piperazine rings is 1. The molecule has 0 aromatic heterocycles. The maximum absolute atomic E-state index is 13.0. The molecule has 1 atom stereocenters. The van der Waals surface area contributed by atoms with E-state index in [-0.39, 0.29) is 35.8 Å². The summed E-state index contributed by atoms with van der Waals surface area (Å²) < 4.78 is 18.5. The normalized spacial score (nSPS) is 37.8. The number of urea groups is 1. The highest BCUT2D eigenvalue weighted by Gasteiger charge is 2.72. The van der Waals surface area contributed by atoms with Gasteiger partial charge in [0, 0.05) is 37.1 Å². The second kappa shape index (κ2) is 4.76. The van der Waals surface area contributed by atoms with Crippen LogP contribution in [0.3, 0.4) is 0 Å². The number of nitrogens with zero attached hydrogens (tertiary/aromatic N) is 3. The Morgan fingerprint density at radius 2 is 1.92 bits per heavy atom. The number of carbonyl (C=O) groups is 2. The van der Waals surface area contributed by atoms with E-state index in [1.54, 1.807) is 4.90 Å². The van der Waals surface area contributed by atoms with Crippen LogP contribution in [0.2, 0.25) is 0 Å². The Bertz CT molecular complexity index is 568. The maximum atomic E-state index is 13.0. The summed E-state index contributed by atoms with van der Waals surface area (Å²) in [6, 6.07) is 0.0881. The van der Waals surface area contributed by atoms with Crippen molar-refractivity contribution in [1.82, 2.24) is 14.7 Å². The molecule has 7 heteroatoms. The van der Waals surface area contributed by atoms with E-state index in [4.69, 9.17) is 4.74 Å². The molecule has 0 aromatic rings. The Hall–Kier alpha value is -1.53. The zero-order chi connectivity index (χ0) is 17.3. The van der Waals surface area contributed by atoms with Crippen LogP contribution in [-0.2, 0) is 4.74 Å². The van der Waals surface area contributed by atoms with Gasteiger partial charge in [-0.3, -0.25) is 4.39 Å². The zero-order valence-electron chi connectivity index (χ0n) is 14.7. The predicted octanol–water partition coefficient (Wildman–Crippen LogP) is 2.24. The Kier molecular flexibility index (Phi) is 3.17. The summed E-state index contributed by atoms with van der Waals surface area (Å²) in [6.45, 7) is 7.50. The molecule has 5 aliphatic rings. The fourth-order valence-corrected chi connectivity index (χ4v) is 4.96. The van der Waals surface area contributed by atoms with Crippen LogP contribution in [0.1, 0.15) is 40.0 Å². The van der Waals surface area contributed by atoms with E-state index in [1.807, 2.05) is 30.6 Å². The van der Waals surface area contributed by atoms with E-state index in [0.717, 1.165) is 19.3 Å². The van der Waals surface area contributed by atoms with E-state index in [2.05, 4.69) is 0 Å². The highest BCUT2D eigenvalue weighted by Crippen LogP contribution is 2.70. The van der Waals surface area contributed by atoms with Gasteiger partial charge >= 0.3 is 12.1 Å². The van der Waals surface area contributed by atoms with Gasteiger partial charge in [-0.05, 0) is 40.0 Å². The molecular weight excluding hydrogens is 313 g/mol. The summed E-state index contributed by atoms with van der Waals surface area (Å²) in [4.78, 5) is 30.5. The lowest BCUT2D eigenvalue weighted by Gasteiger charge is -2.72. The fourth-order valence-electron chi connectivity index (χ4n) is 4.96. The van der Waals surface area contributed by atoms with Crippen LogP contribution in [0, 0.1) is 5.41 Å². The van der Waals surface area contributed by atoms with Crippen LogP contribution in [0.4, 0.5) is 14.0 Å². The van der Waals surface area contributed by atoms with E-state index in [1.165, 1.54) is 0 Å². The van der Waals surface area contributed by atoms with Gasteiger partial charge in [-0.1, -0.05) is 0 Å². The van der Waals surface area contributed by atoms with Crippen molar-refractivity contribution in [1.29, 1.82) is 0 Å². The summed E-state index contributed by atoms with van der Waals surface area (Å²) in [5, 5.41) is 0. The summed E-state index contributed by atoms with van der Waals surface area (Å²) in [6.07, 6.45) is 2.10. The van der Waals surface area contributed by atoms with Crippen LogP contribution < -0.4 is 0 Å². The minimum absolute atomic E-state index is 0.0223. The highest BCUT2D eigenvalue weighted by molar-refractivity contribution is 5.80. The minimum atomic E-state index is -0.516. The molecule has 0 aromatic carbocycles. The molecule has 2 heterocycles. The quantitative estimate of drug-likeness (QED) is 0.775. The number of carbonyl (C=O) groups excluding carboxylic acids is 2. The topological polar surface area (TPSA) is 53.1 Å². The van der Waals surface area contributed by atoms with Crippen molar-refractivity contribution >= 4 is 12.1 Å². The average molecular weight is 339 g/mol. The summed E-state index contributed by atoms with van der Waals surface area (Å²) >= 11 is 0. The van der Waals surface area contributed by atoms with Gasteiger partial charge in [-0.2, -0.15) is 0 Å². The Balaban J connectivity index is 1.40. The van der Waals surface area contributed by atoms with Crippen molar-refractivity contribution in [3.8, 4) is 0 Å². The molecule has 5 fully saturated rings. The molecule has 3 amide bonds. The zero-order valence-corrected chi connectivity index (χ0v) is 14.7. The lowest BCUT2D eigenvalue weighted by molar-refractivity contribution is -0.207. The first kappa shape index (κ1) is 16.0. The van der Waals surface area contributed by atoms with Crippen LogP contribution >= 0.6 is 0 Å². The van der Waals surface area contributed by atoms with Crippen LogP contribution in [0.15, 0.2) is 0 Å². The van der Waals surface area contributed by atoms with E-state index in [0.29, 0.717) is 26.2 Å². The summed E-state index contributed by atoms with van der Waals surface area (Å²) in [5.74, 6) is 0. The molecule has 3 aliphatic carbocycles. The molecular formula is C17H26FN3O3.